The van der Waals surface area contributed by atoms with E-state index in [1.54, 1.807) is 0 Å². The van der Waals surface area contributed by atoms with Crippen LogP contribution in [-0.2, 0) is 0 Å². The van der Waals surface area contributed by atoms with Gasteiger partial charge in [0.15, 0.2) is 0 Å². The van der Waals surface area contributed by atoms with Crippen molar-refractivity contribution in [3.63, 3.8) is 0 Å². The number of nitrogens with zero attached hydrogens (tertiary/aromatic N) is 1. The molecule has 1 aliphatic rings. The van der Waals surface area contributed by atoms with Crippen molar-refractivity contribution >= 4 is 0 Å². The lowest BCUT2D eigenvalue weighted by molar-refractivity contribution is -0.274. The first-order valence-corrected chi connectivity index (χ1v) is 7.02. The molecule has 0 spiro atoms. The van der Waals surface area contributed by atoms with Crippen molar-refractivity contribution < 1.29 is 31.8 Å². The van der Waals surface area contributed by atoms with Crippen LogP contribution in [0.4, 0.5) is 22.0 Å². The molecule has 1 saturated heterocycles. The zero-order valence-corrected chi connectivity index (χ0v) is 12.1. The van der Waals surface area contributed by atoms with Crippen LogP contribution in [0.1, 0.15) is 11.6 Å². The highest BCUT2D eigenvalue weighted by molar-refractivity contribution is 5.32. The third kappa shape index (κ3) is 4.76. The van der Waals surface area contributed by atoms with Crippen molar-refractivity contribution in [3.05, 3.63) is 29.8 Å². The topological polar surface area (TPSA) is 44.7 Å². The van der Waals surface area contributed by atoms with Crippen LogP contribution in [0.5, 0.6) is 5.75 Å². The number of aliphatic hydroxyl groups excluding tert-OH is 1. The van der Waals surface area contributed by atoms with Gasteiger partial charge < -0.3 is 15.2 Å². The summed E-state index contributed by atoms with van der Waals surface area (Å²) in [6, 6.07) is 2.98. The maximum Gasteiger partial charge on any atom is 0.573 e. The minimum absolute atomic E-state index is 0.0345. The van der Waals surface area contributed by atoms with Gasteiger partial charge in [0, 0.05) is 26.2 Å². The summed E-state index contributed by atoms with van der Waals surface area (Å²) in [5.41, 5.74) is -0.0345. The highest BCUT2D eigenvalue weighted by Crippen LogP contribution is 2.38. The van der Waals surface area contributed by atoms with Crippen LogP contribution in [0, 0.1) is 0 Å². The summed E-state index contributed by atoms with van der Waals surface area (Å²) in [4.78, 5) is 1.44. The Kier molecular flexibility index (Phi) is 5.43. The minimum Gasteiger partial charge on any atom is -0.406 e. The number of alkyl halides is 5. The van der Waals surface area contributed by atoms with Gasteiger partial charge in [0.05, 0.1) is 0 Å². The molecular weight excluding hydrogens is 323 g/mol. The summed E-state index contributed by atoms with van der Waals surface area (Å²) in [6.07, 6.45) is -4.90. The van der Waals surface area contributed by atoms with Crippen molar-refractivity contribution in [3.8, 4) is 5.75 Å². The highest BCUT2D eigenvalue weighted by Gasteiger charge is 2.44. The maximum atomic E-state index is 14.2. The SMILES string of the molecule is OCC(F)(F)[C@H](c1cccc(OC(F)(F)F)c1)N1CCNCC1. The summed E-state index contributed by atoms with van der Waals surface area (Å²) in [5.74, 6) is -4.06. The lowest BCUT2D eigenvalue weighted by atomic mass is 9.98. The molecule has 9 heteroatoms. The second-order valence-electron chi connectivity index (χ2n) is 5.23. The molecule has 0 bridgehead atoms. The molecule has 0 amide bonds. The van der Waals surface area contributed by atoms with Gasteiger partial charge in [-0.25, -0.2) is 8.78 Å². The molecule has 1 fully saturated rings. The molecule has 0 aliphatic carbocycles. The van der Waals surface area contributed by atoms with Gasteiger partial charge in [0.25, 0.3) is 5.92 Å². The molecule has 0 aromatic heterocycles. The number of nitrogens with one attached hydrogen (secondary N) is 1. The molecule has 1 aromatic rings. The number of halogens is 5. The lowest BCUT2D eigenvalue weighted by Gasteiger charge is -2.38. The zero-order valence-electron chi connectivity index (χ0n) is 12.1. The van der Waals surface area contributed by atoms with Crippen LogP contribution in [-0.4, -0.2) is 55.1 Å². The number of aliphatic hydroxyl groups is 1. The molecule has 1 atom stereocenters. The van der Waals surface area contributed by atoms with Gasteiger partial charge in [0.1, 0.15) is 18.4 Å². The molecule has 1 heterocycles. The van der Waals surface area contributed by atoms with Gasteiger partial charge in [-0.1, -0.05) is 12.1 Å². The van der Waals surface area contributed by atoms with Crippen LogP contribution < -0.4 is 10.1 Å². The first-order valence-electron chi connectivity index (χ1n) is 7.02. The Morgan fingerprint density at radius 3 is 2.39 bits per heavy atom. The fourth-order valence-electron chi connectivity index (χ4n) is 2.63. The summed E-state index contributed by atoms with van der Waals surface area (Å²) in [6.45, 7) is 0.161. The Morgan fingerprint density at radius 2 is 1.83 bits per heavy atom. The molecular formula is C14H17F5N2O2. The average molecular weight is 340 g/mol. The second-order valence-corrected chi connectivity index (χ2v) is 5.23. The highest BCUT2D eigenvalue weighted by atomic mass is 19.4. The van der Waals surface area contributed by atoms with Crippen molar-refractivity contribution in [2.45, 2.75) is 18.3 Å². The first kappa shape index (κ1) is 17.9. The molecule has 130 valence electrons. The Hall–Kier alpha value is -1.45. The normalized spacial score (nSPS) is 18.7. The monoisotopic (exact) mass is 340 g/mol. The van der Waals surface area contributed by atoms with E-state index in [4.69, 9.17) is 5.11 Å². The summed E-state index contributed by atoms with van der Waals surface area (Å²) in [5, 5.41) is 12.0. The van der Waals surface area contributed by atoms with E-state index in [2.05, 4.69) is 10.1 Å². The van der Waals surface area contributed by atoms with Crippen LogP contribution in [0.3, 0.4) is 0 Å². The molecule has 0 unspecified atom stereocenters. The molecule has 1 aromatic carbocycles. The van der Waals surface area contributed by atoms with Crippen LogP contribution in [0.25, 0.3) is 0 Å². The summed E-state index contributed by atoms with van der Waals surface area (Å²) in [7, 11) is 0. The fourth-order valence-corrected chi connectivity index (χ4v) is 2.63. The second kappa shape index (κ2) is 6.98. The largest absolute Gasteiger partial charge is 0.573 e. The number of piperazine rings is 1. The summed E-state index contributed by atoms with van der Waals surface area (Å²) < 4.78 is 69.1. The number of hydrogen-bond acceptors (Lipinski definition) is 4. The minimum atomic E-state index is -4.90. The van der Waals surface area contributed by atoms with E-state index in [0.717, 1.165) is 12.1 Å². The van der Waals surface area contributed by atoms with E-state index in [0.29, 0.717) is 26.2 Å². The predicted molar refractivity (Wildman–Crippen MR) is 72.3 cm³/mol. The molecule has 1 aliphatic heterocycles. The number of rotatable bonds is 5. The number of hydrogen-bond donors (Lipinski definition) is 2. The van der Waals surface area contributed by atoms with Crippen LogP contribution >= 0.6 is 0 Å². The first-order chi connectivity index (χ1) is 10.7. The molecule has 0 radical (unpaired) electrons. The van der Waals surface area contributed by atoms with Gasteiger partial charge >= 0.3 is 6.36 Å². The van der Waals surface area contributed by atoms with E-state index in [9.17, 15) is 22.0 Å². The quantitative estimate of drug-likeness (QED) is 0.807. The number of ether oxygens (including phenoxy) is 1. The van der Waals surface area contributed by atoms with Crippen molar-refractivity contribution in [1.82, 2.24) is 10.2 Å². The van der Waals surface area contributed by atoms with Gasteiger partial charge in [-0.15, -0.1) is 13.2 Å². The van der Waals surface area contributed by atoms with Gasteiger partial charge in [-0.3, -0.25) is 4.90 Å². The molecule has 4 nitrogen and oxygen atoms in total. The Bertz CT molecular complexity index is 518. The van der Waals surface area contributed by atoms with Gasteiger partial charge in [-0.2, -0.15) is 0 Å². The Morgan fingerprint density at radius 1 is 1.17 bits per heavy atom. The number of benzene rings is 1. The van der Waals surface area contributed by atoms with E-state index >= 15 is 0 Å². The Balaban J connectivity index is 2.33. The van der Waals surface area contributed by atoms with Crippen LogP contribution in [0.15, 0.2) is 24.3 Å². The van der Waals surface area contributed by atoms with E-state index < -0.39 is 30.7 Å². The van der Waals surface area contributed by atoms with Crippen LogP contribution in [0.2, 0.25) is 0 Å². The molecule has 23 heavy (non-hydrogen) atoms. The van der Waals surface area contributed by atoms with Crippen molar-refractivity contribution in [2.75, 3.05) is 32.8 Å². The van der Waals surface area contributed by atoms with E-state index in [1.165, 1.54) is 17.0 Å². The molecule has 2 N–H and O–H groups in total. The van der Waals surface area contributed by atoms with Gasteiger partial charge in [0.2, 0.25) is 0 Å². The zero-order chi connectivity index (χ0) is 17.1. The van der Waals surface area contributed by atoms with E-state index in [-0.39, 0.29) is 5.56 Å². The Labute approximate surface area is 129 Å². The van der Waals surface area contributed by atoms with Crippen molar-refractivity contribution in [2.24, 2.45) is 0 Å². The third-order valence-corrected chi connectivity index (χ3v) is 3.54. The van der Waals surface area contributed by atoms with Crippen molar-refractivity contribution in [1.29, 1.82) is 0 Å². The third-order valence-electron chi connectivity index (χ3n) is 3.54. The maximum absolute atomic E-state index is 14.2. The molecule has 0 saturated carbocycles. The average Bonchev–Trinajstić information content (AvgIpc) is 2.47. The standard InChI is InChI=1S/C14H17F5N2O2/c15-13(16,9-22)12(21-6-4-20-5-7-21)10-2-1-3-11(8-10)23-14(17,18)19/h1-3,8,12,20,22H,4-7,9H2/t12-/m0/s1. The van der Waals surface area contributed by atoms with Gasteiger partial charge in [-0.05, 0) is 17.7 Å². The smallest absolute Gasteiger partial charge is 0.406 e. The molecule has 2 rings (SSSR count). The summed E-state index contributed by atoms with van der Waals surface area (Å²) >= 11 is 0. The predicted octanol–water partition coefficient (Wildman–Crippen LogP) is 2.16. The fraction of sp³-hybridized carbons (Fsp3) is 0.571. The lowest BCUT2D eigenvalue weighted by Crippen LogP contribution is -2.51. The van der Waals surface area contributed by atoms with E-state index in [1.807, 2.05) is 0 Å².